The fourth-order valence-corrected chi connectivity index (χ4v) is 3.35. The van der Waals surface area contributed by atoms with Crippen molar-refractivity contribution in [3.05, 3.63) is 78.6 Å². The van der Waals surface area contributed by atoms with E-state index in [4.69, 9.17) is 0 Å². The molecule has 0 saturated heterocycles. The van der Waals surface area contributed by atoms with Crippen LogP contribution in [0, 0.1) is 0 Å². The van der Waals surface area contributed by atoms with Gasteiger partial charge in [0.05, 0.1) is 6.33 Å². The highest BCUT2D eigenvalue weighted by Gasteiger charge is 2.41. The van der Waals surface area contributed by atoms with Crippen LogP contribution in [0.25, 0.3) is 5.57 Å². The SMILES string of the molecule is O=C1C(O)=C(c2ccccc2)C(c2ncc[nH]2)N1CCCn1ccnc1. The normalized spacial score (nSPS) is 17.3. The van der Waals surface area contributed by atoms with Crippen molar-refractivity contribution in [2.24, 2.45) is 0 Å². The van der Waals surface area contributed by atoms with Crippen molar-refractivity contribution < 1.29 is 9.90 Å². The van der Waals surface area contributed by atoms with Crippen molar-refractivity contribution in [1.29, 1.82) is 0 Å². The average molecular weight is 349 g/mol. The van der Waals surface area contributed by atoms with Gasteiger partial charge in [-0.1, -0.05) is 30.3 Å². The number of aliphatic hydroxyl groups excluding tert-OH is 1. The maximum absolute atomic E-state index is 12.7. The predicted octanol–water partition coefficient (Wildman–Crippen LogP) is 2.55. The lowest BCUT2D eigenvalue weighted by molar-refractivity contribution is -0.129. The number of aromatic nitrogens is 4. The average Bonchev–Trinajstić information content (AvgIpc) is 3.40. The molecule has 0 radical (unpaired) electrons. The summed E-state index contributed by atoms with van der Waals surface area (Å²) in [5.74, 6) is 0.0694. The quantitative estimate of drug-likeness (QED) is 0.716. The maximum atomic E-state index is 12.7. The number of imidazole rings is 2. The number of nitrogens with one attached hydrogen (secondary N) is 1. The van der Waals surface area contributed by atoms with Crippen LogP contribution in [-0.2, 0) is 11.3 Å². The van der Waals surface area contributed by atoms with Crippen LogP contribution in [0.3, 0.4) is 0 Å². The van der Waals surface area contributed by atoms with Gasteiger partial charge in [0.15, 0.2) is 5.76 Å². The van der Waals surface area contributed by atoms with Gasteiger partial charge in [0.1, 0.15) is 11.9 Å². The maximum Gasteiger partial charge on any atom is 0.289 e. The number of amides is 1. The van der Waals surface area contributed by atoms with Crippen molar-refractivity contribution in [2.45, 2.75) is 19.0 Å². The van der Waals surface area contributed by atoms with E-state index in [0.717, 1.165) is 18.5 Å². The van der Waals surface area contributed by atoms with E-state index < -0.39 is 6.04 Å². The monoisotopic (exact) mass is 349 g/mol. The van der Waals surface area contributed by atoms with E-state index in [1.807, 2.05) is 41.1 Å². The first kappa shape index (κ1) is 16.1. The molecule has 1 aliphatic heterocycles. The van der Waals surface area contributed by atoms with Crippen molar-refractivity contribution in [2.75, 3.05) is 6.54 Å². The number of aromatic amines is 1. The number of carbonyl (C=O) groups excluding carboxylic acids is 1. The van der Waals surface area contributed by atoms with Crippen LogP contribution in [0.15, 0.2) is 67.2 Å². The molecule has 3 aromatic rings. The molecule has 0 bridgehead atoms. The molecule has 3 heterocycles. The molecular formula is C19H19N5O2. The van der Waals surface area contributed by atoms with Gasteiger partial charge in [-0.15, -0.1) is 0 Å². The standard InChI is InChI=1S/C19H19N5O2/c25-17-15(14-5-2-1-3-6-14)16(18-21-7-8-22-18)24(19(17)26)11-4-10-23-12-9-20-13-23/h1-3,5-9,12-13,16,25H,4,10-11H2,(H,21,22). The summed E-state index contributed by atoms with van der Waals surface area (Å²) in [4.78, 5) is 25.9. The Bertz CT molecular complexity index is 901. The van der Waals surface area contributed by atoms with Crippen molar-refractivity contribution in [3.63, 3.8) is 0 Å². The molecule has 1 atom stereocenters. The third kappa shape index (κ3) is 2.88. The molecule has 7 heteroatoms. The Balaban J connectivity index is 1.63. The number of aryl methyl sites for hydroxylation is 1. The smallest absolute Gasteiger partial charge is 0.289 e. The number of benzene rings is 1. The third-order valence-corrected chi connectivity index (χ3v) is 4.54. The van der Waals surface area contributed by atoms with E-state index in [9.17, 15) is 9.90 Å². The molecular weight excluding hydrogens is 330 g/mol. The van der Waals surface area contributed by atoms with Crippen LogP contribution < -0.4 is 0 Å². The second-order valence-electron chi connectivity index (χ2n) is 6.16. The number of H-pyrrole nitrogens is 1. The second kappa shape index (κ2) is 6.87. The largest absolute Gasteiger partial charge is 0.503 e. The van der Waals surface area contributed by atoms with Crippen LogP contribution in [0.2, 0.25) is 0 Å². The number of carbonyl (C=O) groups is 1. The minimum atomic E-state index is -0.428. The molecule has 7 nitrogen and oxygen atoms in total. The lowest BCUT2D eigenvalue weighted by atomic mass is 9.98. The Kier molecular flexibility index (Phi) is 4.27. The molecule has 1 unspecified atom stereocenters. The van der Waals surface area contributed by atoms with Crippen LogP contribution in [-0.4, -0.2) is 42.0 Å². The summed E-state index contributed by atoms with van der Waals surface area (Å²) in [7, 11) is 0. The Labute approximate surface area is 150 Å². The van der Waals surface area contributed by atoms with Crippen molar-refractivity contribution >= 4 is 11.5 Å². The minimum Gasteiger partial charge on any atom is -0.503 e. The Morgan fingerprint density at radius 1 is 1.15 bits per heavy atom. The summed E-state index contributed by atoms with van der Waals surface area (Å²) in [6.45, 7) is 1.25. The van der Waals surface area contributed by atoms with Gasteiger partial charge in [0.2, 0.25) is 0 Å². The first-order chi connectivity index (χ1) is 12.8. The number of hydrogen-bond acceptors (Lipinski definition) is 4. The molecule has 1 aliphatic rings. The minimum absolute atomic E-state index is 0.208. The van der Waals surface area contributed by atoms with E-state index in [0.29, 0.717) is 17.9 Å². The topological polar surface area (TPSA) is 87.0 Å². The van der Waals surface area contributed by atoms with Crippen LogP contribution in [0.4, 0.5) is 0 Å². The highest BCUT2D eigenvalue weighted by molar-refractivity contribution is 6.05. The molecule has 1 amide bonds. The van der Waals surface area contributed by atoms with E-state index in [1.165, 1.54) is 0 Å². The predicted molar refractivity (Wildman–Crippen MR) is 95.9 cm³/mol. The van der Waals surface area contributed by atoms with Gasteiger partial charge in [-0.2, -0.15) is 0 Å². The zero-order chi connectivity index (χ0) is 17.9. The second-order valence-corrected chi connectivity index (χ2v) is 6.16. The molecule has 2 aromatic heterocycles. The lowest BCUT2D eigenvalue weighted by Gasteiger charge is -2.25. The molecule has 2 N–H and O–H groups in total. The summed E-state index contributed by atoms with van der Waals surface area (Å²) in [6, 6.07) is 9.04. The van der Waals surface area contributed by atoms with E-state index in [1.54, 1.807) is 29.8 Å². The highest BCUT2D eigenvalue weighted by atomic mass is 16.3. The zero-order valence-electron chi connectivity index (χ0n) is 14.1. The summed E-state index contributed by atoms with van der Waals surface area (Å²) in [5, 5.41) is 10.6. The molecule has 1 aromatic carbocycles. The van der Waals surface area contributed by atoms with Gasteiger partial charge in [-0.05, 0) is 12.0 Å². The number of aliphatic hydroxyl groups is 1. The Morgan fingerprint density at radius 3 is 2.69 bits per heavy atom. The van der Waals surface area contributed by atoms with Gasteiger partial charge in [-0.25, -0.2) is 9.97 Å². The van der Waals surface area contributed by atoms with E-state index in [2.05, 4.69) is 15.0 Å². The number of nitrogens with zero attached hydrogens (tertiary/aromatic N) is 4. The fourth-order valence-electron chi connectivity index (χ4n) is 3.35. The highest BCUT2D eigenvalue weighted by Crippen LogP contribution is 2.41. The van der Waals surface area contributed by atoms with Crippen LogP contribution >= 0.6 is 0 Å². The Morgan fingerprint density at radius 2 is 2.00 bits per heavy atom. The first-order valence-electron chi connectivity index (χ1n) is 8.50. The molecule has 132 valence electrons. The van der Waals surface area contributed by atoms with E-state index >= 15 is 0 Å². The molecule has 0 saturated carbocycles. The number of hydrogen-bond donors (Lipinski definition) is 2. The van der Waals surface area contributed by atoms with E-state index in [-0.39, 0.29) is 11.7 Å². The summed E-state index contributed by atoms with van der Waals surface area (Å²) < 4.78 is 1.97. The number of rotatable bonds is 6. The molecule has 26 heavy (non-hydrogen) atoms. The molecule has 0 fully saturated rings. The van der Waals surface area contributed by atoms with Gasteiger partial charge in [-0.3, -0.25) is 4.79 Å². The summed E-state index contributed by atoms with van der Waals surface area (Å²) >= 11 is 0. The van der Waals surface area contributed by atoms with Gasteiger partial charge < -0.3 is 19.6 Å². The van der Waals surface area contributed by atoms with Crippen molar-refractivity contribution in [3.8, 4) is 0 Å². The van der Waals surface area contributed by atoms with Gasteiger partial charge in [0, 0.05) is 43.4 Å². The van der Waals surface area contributed by atoms with Gasteiger partial charge in [0.25, 0.3) is 5.91 Å². The summed E-state index contributed by atoms with van der Waals surface area (Å²) in [6.07, 6.45) is 9.49. The first-order valence-corrected chi connectivity index (χ1v) is 8.50. The molecule has 0 aliphatic carbocycles. The van der Waals surface area contributed by atoms with Gasteiger partial charge >= 0.3 is 0 Å². The fraction of sp³-hybridized carbons (Fsp3) is 0.211. The Hall–Kier alpha value is -3.35. The zero-order valence-corrected chi connectivity index (χ0v) is 14.1. The van der Waals surface area contributed by atoms with Crippen molar-refractivity contribution in [1.82, 2.24) is 24.4 Å². The lowest BCUT2D eigenvalue weighted by Crippen LogP contribution is -2.32. The third-order valence-electron chi connectivity index (χ3n) is 4.54. The van der Waals surface area contributed by atoms with Crippen LogP contribution in [0.1, 0.15) is 23.9 Å². The van der Waals surface area contributed by atoms with Crippen LogP contribution in [0.5, 0.6) is 0 Å². The molecule has 4 rings (SSSR count). The summed E-state index contributed by atoms with van der Waals surface area (Å²) in [5.41, 5.74) is 1.41. The molecule has 0 spiro atoms.